The van der Waals surface area contributed by atoms with Crippen LogP contribution in [-0.4, -0.2) is 25.7 Å². The molecule has 4 aromatic rings. The van der Waals surface area contributed by atoms with E-state index in [1.165, 1.54) is 11.3 Å². The summed E-state index contributed by atoms with van der Waals surface area (Å²) in [6, 6.07) is 9.73. The molecule has 0 aliphatic rings. The number of rotatable bonds is 6. The van der Waals surface area contributed by atoms with Crippen LogP contribution < -0.4 is 4.90 Å². The Morgan fingerprint density at radius 2 is 2.10 bits per heavy atom. The number of nitrogens with zero attached hydrogens (tertiary/aromatic N) is 5. The summed E-state index contributed by atoms with van der Waals surface area (Å²) in [5, 5.41) is 11.9. The van der Waals surface area contributed by atoms with E-state index in [0.717, 1.165) is 27.7 Å². The predicted molar refractivity (Wildman–Crippen MR) is 119 cm³/mol. The number of furan rings is 1. The number of thioether (sulfide) groups is 1. The van der Waals surface area contributed by atoms with Crippen molar-refractivity contribution >= 4 is 39.8 Å². The molecule has 0 spiro atoms. The SMILES string of the molecule is CC(=O)N(c1nc(CSc2nnc(-c3ccco3)n2C)cs1)c1ccc(C)cc1C. The summed E-state index contributed by atoms with van der Waals surface area (Å²) >= 11 is 3.00. The maximum Gasteiger partial charge on any atom is 0.230 e. The molecule has 1 aromatic carbocycles. The normalized spacial score (nSPS) is 11.1. The van der Waals surface area contributed by atoms with E-state index in [4.69, 9.17) is 9.40 Å². The first-order valence-electron chi connectivity index (χ1n) is 9.32. The Balaban J connectivity index is 1.52. The smallest absolute Gasteiger partial charge is 0.230 e. The van der Waals surface area contributed by atoms with Gasteiger partial charge in [0.1, 0.15) is 0 Å². The number of benzene rings is 1. The summed E-state index contributed by atoms with van der Waals surface area (Å²) in [6.45, 7) is 5.61. The lowest BCUT2D eigenvalue weighted by molar-refractivity contribution is -0.115. The van der Waals surface area contributed by atoms with Crippen LogP contribution >= 0.6 is 23.1 Å². The highest BCUT2D eigenvalue weighted by molar-refractivity contribution is 7.98. The molecule has 0 saturated carbocycles. The molecule has 0 radical (unpaired) electrons. The summed E-state index contributed by atoms with van der Waals surface area (Å²) in [4.78, 5) is 18.8. The van der Waals surface area contributed by atoms with Gasteiger partial charge in [0, 0.05) is 25.1 Å². The summed E-state index contributed by atoms with van der Waals surface area (Å²) in [7, 11) is 1.91. The molecule has 30 heavy (non-hydrogen) atoms. The van der Waals surface area contributed by atoms with Crippen molar-refractivity contribution in [2.24, 2.45) is 7.05 Å². The van der Waals surface area contributed by atoms with Crippen LogP contribution in [0.3, 0.4) is 0 Å². The van der Waals surface area contributed by atoms with Gasteiger partial charge in [-0.25, -0.2) is 4.98 Å². The number of anilines is 2. The summed E-state index contributed by atoms with van der Waals surface area (Å²) in [6.07, 6.45) is 1.62. The van der Waals surface area contributed by atoms with Gasteiger partial charge in [-0.3, -0.25) is 9.69 Å². The zero-order chi connectivity index (χ0) is 21.3. The van der Waals surface area contributed by atoms with E-state index in [2.05, 4.69) is 16.3 Å². The lowest BCUT2D eigenvalue weighted by Gasteiger charge is -2.20. The van der Waals surface area contributed by atoms with Crippen LogP contribution in [0, 0.1) is 13.8 Å². The molecule has 1 amide bonds. The van der Waals surface area contributed by atoms with Crippen molar-refractivity contribution in [1.82, 2.24) is 19.7 Å². The fourth-order valence-corrected chi connectivity index (χ4v) is 4.92. The average Bonchev–Trinajstić information content (AvgIpc) is 3.43. The molecule has 3 aromatic heterocycles. The molecule has 0 saturated heterocycles. The first kappa shape index (κ1) is 20.4. The predicted octanol–water partition coefficient (Wildman–Crippen LogP) is 5.13. The van der Waals surface area contributed by atoms with Crippen molar-refractivity contribution in [3.05, 3.63) is 58.8 Å². The first-order chi connectivity index (χ1) is 14.4. The van der Waals surface area contributed by atoms with E-state index in [1.807, 2.05) is 55.1 Å². The monoisotopic (exact) mass is 439 g/mol. The second-order valence-electron chi connectivity index (χ2n) is 6.90. The van der Waals surface area contributed by atoms with Crippen molar-refractivity contribution in [1.29, 1.82) is 0 Å². The van der Waals surface area contributed by atoms with E-state index >= 15 is 0 Å². The van der Waals surface area contributed by atoms with Gasteiger partial charge in [-0.1, -0.05) is 29.5 Å². The summed E-state index contributed by atoms with van der Waals surface area (Å²) in [5.41, 5.74) is 3.95. The largest absolute Gasteiger partial charge is 0.461 e. The third-order valence-corrected chi connectivity index (χ3v) is 6.49. The Kier molecular flexibility index (Phi) is 5.74. The molecule has 0 atom stereocenters. The highest BCUT2D eigenvalue weighted by Crippen LogP contribution is 2.33. The second kappa shape index (κ2) is 8.45. The molecule has 0 aliphatic carbocycles. The van der Waals surface area contributed by atoms with Gasteiger partial charge < -0.3 is 8.98 Å². The number of carbonyl (C=O) groups is 1. The molecule has 9 heteroatoms. The van der Waals surface area contributed by atoms with Gasteiger partial charge in [0.15, 0.2) is 21.9 Å². The molecule has 0 unspecified atom stereocenters. The molecular formula is C21H21N5O2S2. The van der Waals surface area contributed by atoms with Crippen LogP contribution in [0.1, 0.15) is 23.7 Å². The molecule has 154 valence electrons. The lowest BCUT2D eigenvalue weighted by Crippen LogP contribution is -2.23. The van der Waals surface area contributed by atoms with Crippen molar-refractivity contribution in [3.8, 4) is 11.6 Å². The van der Waals surface area contributed by atoms with Crippen LogP contribution in [0.25, 0.3) is 11.6 Å². The van der Waals surface area contributed by atoms with Crippen LogP contribution in [-0.2, 0) is 17.6 Å². The maximum atomic E-state index is 12.4. The molecule has 7 nitrogen and oxygen atoms in total. The molecule has 4 rings (SSSR count). The Bertz CT molecular complexity index is 1180. The van der Waals surface area contributed by atoms with Gasteiger partial charge >= 0.3 is 0 Å². The van der Waals surface area contributed by atoms with Crippen molar-refractivity contribution in [2.45, 2.75) is 31.7 Å². The minimum absolute atomic E-state index is 0.0631. The zero-order valence-corrected chi connectivity index (χ0v) is 18.8. The molecule has 0 fully saturated rings. The van der Waals surface area contributed by atoms with Gasteiger partial charge in [0.25, 0.3) is 0 Å². The lowest BCUT2D eigenvalue weighted by atomic mass is 10.1. The number of thiazole rings is 1. The molecular weight excluding hydrogens is 418 g/mol. The second-order valence-corrected chi connectivity index (χ2v) is 8.68. The molecule has 0 N–H and O–H groups in total. The van der Waals surface area contributed by atoms with Crippen LogP contribution in [0.5, 0.6) is 0 Å². The number of aryl methyl sites for hydroxylation is 2. The van der Waals surface area contributed by atoms with Crippen LogP contribution in [0.4, 0.5) is 10.8 Å². The van der Waals surface area contributed by atoms with E-state index in [0.29, 0.717) is 22.5 Å². The number of hydrogen-bond acceptors (Lipinski definition) is 7. The third-order valence-electron chi connectivity index (χ3n) is 4.56. The highest BCUT2D eigenvalue weighted by atomic mass is 32.2. The fraction of sp³-hybridized carbons (Fsp3) is 0.238. The van der Waals surface area contributed by atoms with Gasteiger partial charge in [-0.15, -0.1) is 21.5 Å². The minimum Gasteiger partial charge on any atom is -0.461 e. The number of hydrogen-bond donors (Lipinski definition) is 0. The molecule has 0 aliphatic heterocycles. The van der Waals surface area contributed by atoms with E-state index < -0.39 is 0 Å². The zero-order valence-electron chi connectivity index (χ0n) is 17.1. The topological polar surface area (TPSA) is 77.1 Å². The Hall–Kier alpha value is -2.91. The molecule has 3 heterocycles. The first-order valence-corrected chi connectivity index (χ1v) is 11.2. The van der Waals surface area contributed by atoms with E-state index in [1.54, 1.807) is 29.8 Å². The van der Waals surface area contributed by atoms with Gasteiger partial charge in [-0.2, -0.15) is 0 Å². The Labute approximate surface area is 182 Å². The van der Waals surface area contributed by atoms with Gasteiger partial charge in [-0.05, 0) is 37.6 Å². The van der Waals surface area contributed by atoms with E-state index in [-0.39, 0.29) is 5.91 Å². The quantitative estimate of drug-likeness (QED) is 0.388. The number of amides is 1. The third kappa shape index (κ3) is 4.03. The number of aromatic nitrogens is 4. The maximum absolute atomic E-state index is 12.4. The standard InChI is InChI=1S/C21H21N5O2S2/c1-13-7-8-17(14(2)10-13)26(15(3)27)20-22-16(11-29-20)12-30-21-24-23-19(25(21)4)18-6-5-9-28-18/h5-11H,12H2,1-4H3. The Morgan fingerprint density at radius 1 is 1.27 bits per heavy atom. The van der Waals surface area contributed by atoms with Crippen molar-refractivity contribution in [3.63, 3.8) is 0 Å². The molecule has 0 bridgehead atoms. The Morgan fingerprint density at radius 3 is 2.80 bits per heavy atom. The fourth-order valence-electron chi connectivity index (χ4n) is 3.13. The summed E-state index contributed by atoms with van der Waals surface area (Å²) in [5.74, 6) is 1.92. The van der Waals surface area contributed by atoms with E-state index in [9.17, 15) is 4.79 Å². The van der Waals surface area contributed by atoms with Crippen LogP contribution in [0.15, 0.2) is 51.5 Å². The van der Waals surface area contributed by atoms with Gasteiger partial charge in [0.05, 0.1) is 17.6 Å². The van der Waals surface area contributed by atoms with Gasteiger partial charge in [0.2, 0.25) is 5.91 Å². The van der Waals surface area contributed by atoms with Crippen molar-refractivity contribution in [2.75, 3.05) is 4.90 Å². The highest BCUT2D eigenvalue weighted by Gasteiger charge is 2.20. The average molecular weight is 440 g/mol. The minimum atomic E-state index is -0.0631. The van der Waals surface area contributed by atoms with Crippen molar-refractivity contribution < 1.29 is 9.21 Å². The number of carbonyl (C=O) groups excluding carboxylic acids is 1. The van der Waals surface area contributed by atoms with Crippen LogP contribution in [0.2, 0.25) is 0 Å². The summed E-state index contributed by atoms with van der Waals surface area (Å²) < 4.78 is 7.30.